The van der Waals surface area contributed by atoms with Crippen molar-refractivity contribution >= 4 is 17.9 Å². The van der Waals surface area contributed by atoms with Crippen molar-refractivity contribution in [3.8, 4) is 0 Å². The molecule has 0 spiro atoms. The molecule has 0 bridgehead atoms. The van der Waals surface area contributed by atoms with Crippen molar-refractivity contribution in [1.29, 1.82) is 0 Å². The van der Waals surface area contributed by atoms with E-state index in [9.17, 15) is 14.4 Å². The average molecular weight is 765 g/mol. The van der Waals surface area contributed by atoms with Gasteiger partial charge in [0.15, 0.2) is 6.10 Å². The molecule has 2 atom stereocenters. The Balaban J connectivity index is 4.35. The quantitative estimate of drug-likeness (QED) is 0.0350. The Morgan fingerprint density at radius 1 is 0.389 bits per heavy atom. The summed E-state index contributed by atoms with van der Waals surface area (Å²) >= 11 is 0. The SMILES string of the molecule is CCCCCCCCCCCCCC(=O)OC[C@H](COC(=O)CCCCCCCCCCC(C)CC)OC(=O)CCCCCCCCCCCCC(C)C. The third kappa shape index (κ3) is 40.1. The highest BCUT2D eigenvalue weighted by molar-refractivity contribution is 5.71. The lowest BCUT2D eigenvalue weighted by molar-refractivity contribution is -0.167. The lowest BCUT2D eigenvalue weighted by Crippen LogP contribution is -2.30. The highest BCUT2D eigenvalue weighted by Crippen LogP contribution is 2.17. The molecule has 0 N–H and O–H groups in total. The van der Waals surface area contributed by atoms with Crippen LogP contribution >= 0.6 is 0 Å². The van der Waals surface area contributed by atoms with Crippen LogP contribution in [0.5, 0.6) is 0 Å². The van der Waals surface area contributed by atoms with Gasteiger partial charge in [0.2, 0.25) is 0 Å². The summed E-state index contributed by atoms with van der Waals surface area (Å²) in [6.07, 6.45) is 39.4. The summed E-state index contributed by atoms with van der Waals surface area (Å²) in [5.41, 5.74) is 0. The number of carbonyl (C=O) groups is 3. The zero-order valence-electron chi connectivity index (χ0n) is 36.8. The van der Waals surface area contributed by atoms with Gasteiger partial charge in [0.25, 0.3) is 0 Å². The van der Waals surface area contributed by atoms with E-state index in [-0.39, 0.29) is 31.1 Å². The van der Waals surface area contributed by atoms with Crippen LogP contribution in [0.1, 0.15) is 259 Å². The molecule has 0 aromatic carbocycles. The molecule has 0 aliphatic rings. The molecule has 0 aliphatic heterocycles. The van der Waals surface area contributed by atoms with Crippen LogP contribution in [0.15, 0.2) is 0 Å². The van der Waals surface area contributed by atoms with Gasteiger partial charge in [0.1, 0.15) is 13.2 Å². The summed E-state index contributed by atoms with van der Waals surface area (Å²) in [6.45, 7) is 11.3. The number of hydrogen-bond donors (Lipinski definition) is 0. The van der Waals surface area contributed by atoms with Crippen molar-refractivity contribution in [3.05, 3.63) is 0 Å². The predicted molar refractivity (Wildman–Crippen MR) is 229 cm³/mol. The molecule has 0 aromatic heterocycles. The molecule has 6 nitrogen and oxygen atoms in total. The van der Waals surface area contributed by atoms with E-state index in [2.05, 4.69) is 34.6 Å². The van der Waals surface area contributed by atoms with Crippen LogP contribution in [0.2, 0.25) is 0 Å². The van der Waals surface area contributed by atoms with Gasteiger partial charge in [-0.25, -0.2) is 0 Å². The molecule has 0 saturated heterocycles. The first-order valence-electron chi connectivity index (χ1n) is 23.8. The molecule has 0 saturated carbocycles. The predicted octanol–water partition coefficient (Wildman–Crippen LogP) is 15.0. The van der Waals surface area contributed by atoms with Crippen molar-refractivity contribution in [2.45, 2.75) is 265 Å². The summed E-state index contributed by atoms with van der Waals surface area (Å²) in [7, 11) is 0. The number of rotatable bonds is 42. The zero-order valence-corrected chi connectivity index (χ0v) is 36.8. The first kappa shape index (κ1) is 52.4. The van der Waals surface area contributed by atoms with Gasteiger partial charge in [-0.3, -0.25) is 14.4 Å². The highest BCUT2D eigenvalue weighted by Gasteiger charge is 2.19. The molecule has 0 heterocycles. The summed E-state index contributed by atoms with van der Waals surface area (Å²) in [6, 6.07) is 0. The van der Waals surface area contributed by atoms with E-state index in [4.69, 9.17) is 14.2 Å². The molecular weight excluding hydrogens is 673 g/mol. The van der Waals surface area contributed by atoms with E-state index < -0.39 is 6.10 Å². The van der Waals surface area contributed by atoms with Gasteiger partial charge in [0, 0.05) is 19.3 Å². The van der Waals surface area contributed by atoms with E-state index in [1.807, 2.05) is 0 Å². The Bertz CT molecular complexity index is 826. The largest absolute Gasteiger partial charge is 0.462 e. The van der Waals surface area contributed by atoms with Crippen molar-refractivity contribution in [3.63, 3.8) is 0 Å². The smallest absolute Gasteiger partial charge is 0.306 e. The Morgan fingerprint density at radius 3 is 1.06 bits per heavy atom. The molecule has 0 aliphatic carbocycles. The maximum atomic E-state index is 12.7. The van der Waals surface area contributed by atoms with E-state index in [1.54, 1.807) is 0 Å². The number of esters is 3. The number of unbranched alkanes of at least 4 members (excludes halogenated alkanes) is 26. The van der Waals surface area contributed by atoms with Crippen LogP contribution in [0.4, 0.5) is 0 Å². The molecule has 0 fully saturated rings. The maximum absolute atomic E-state index is 12.7. The van der Waals surface area contributed by atoms with Gasteiger partial charge in [-0.05, 0) is 31.1 Å². The Kier molecular flexibility index (Phi) is 39.8. The Hall–Kier alpha value is -1.59. The molecule has 54 heavy (non-hydrogen) atoms. The highest BCUT2D eigenvalue weighted by atomic mass is 16.6. The van der Waals surface area contributed by atoms with Crippen molar-refractivity contribution in [2.24, 2.45) is 11.8 Å². The van der Waals surface area contributed by atoms with Gasteiger partial charge in [-0.2, -0.15) is 0 Å². The molecule has 0 amide bonds. The molecule has 0 rings (SSSR count). The molecule has 0 radical (unpaired) electrons. The van der Waals surface area contributed by atoms with Gasteiger partial charge >= 0.3 is 17.9 Å². The number of ether oxygens (including phenoxy) is 3. The topological polar surface area (TPSA) is 78.9 Å². The minimum atomic E-state index is -0.761. The second kappa shape index (κ2) is 41.1. The Labute approximate surface area is 336 Å². The molecular formula is C48H92O6. The normalized spacial score (nSPS) is 12.6. The molecule has 1 unspecified atom stereocenters. The van der Waals surface area contributed by atoms with E-state index in [0.29, 0.717) is 19.3 Å². The minimum absolute atomic E-state index is 0.0648. The van der Waals surface area contributed by atoms with Crippen molar-refractivity contribution in [2.75, 3.05) is 13.2 Å². The van der Waals surface area contributed by atoms with Gasteiger partial charge in [-0.1, -0.05) is 221 Å². The third-order valence-corrected chi connectivity index (χ3v) is 11.1. The Morgan fingerprint density at radius 2 is 0.704 bits per heavy atom. The molecule has 6 heteroatoms. The van der Waals surface area contributed by atoms with Crippen LogP contribution in [0, 0.1) is 11.8 Å². The van der Waals surface area contributed by atoms with Gasteiger partial charge in [0.05, 0.1) is 0 Å². The first-order valence-corrected chi connectivity index (χ1v) is 23.8. The van der Waals surface area contributed by atoms with Crippen molar-refractivity contribution < 1.29 is 28.6 Å². The third-order valence-electron chi connectivity index (χ3n) is 11.1. The van der Waals surface area contributed by atoms with E-state index in [0.717, 1.165) is 69.6 Å². The van der Waals surface area contributed by atoms with E-state index in [1.165, 1.54) is 148 Å². The number of carbonyl (C=O) groups excluding carboxylic acids is 3. The second-order valence-electron chi connectivity index (χ2n) is 17.1. The van der Waals surface area contributed by atoms with E-state index >= 15 is 0 Å². The standard InChI is InChI=1S/C48H92O6/c1-6-8-9-10-11-12-13-17-23-28-33-38-46(49)52-41-45(42-53-47(50)39-34-29-24-20-19-22-27-32-37-44(5)7-2)54-48(51)40-35-30-25-18-15-14-16-21-26-31-36-43(3)4/h43-45H,6-42H2,1-5H3/t44?,45-/m1/s1. The monoisotopic (exact) mass is 765 g/mol. The van der Waals surface area contributed by atoms with Crippen LogP contribution in [0.3, 0.4) is 0 Å². The maximum Gasteiger partial charge on any atom is 0.306 e. The lowest BCUT2D eigenvalue weighted by atomic mass is 9.99. The minimum Gasteiger partial charge on any atom is -0.462 e. The summed E-state index contributed by atoms with van der Waals surface area (Å²) in [4.78, 5) is 37.8. The molecule has 0 aromatic rings. The molecule has 320 valence electrons. The first-order chi connectivity index (χ1) is 26.3. The fraction of sp³-hybridized carbons (Fsp3) is 0.938. The summed E-state index contributed by atoms with van der Waals surface area (Å²) in [5, 5.41) is 0. The van der Waals surface area contributed by atoms with Crippen LogP contribution in [0.25, 0.3) is 0 Å². The van der Waals surface area contributed by atoms with Crippen molar-refractivity contribution in [1.82, 2.24) is 0 Å². The lowest BCUT2D eigenvalue weighted by Gasteiger charge is -2.18. The summed E-state index contributed by atoms with van der Waals surface area (Å²) in [5.74, 6) is 0.808. The number of hydrogen-bond acceptors (Lipinski definition) is 6. The average Bonchev–Trinajstić information content (AvgIpc) is 3.15. The van der Waals surface area contributed by atoms with Gasteiger partial charge in [-0.15, -0.1) is 0 Å². The zero-order chi connectivity index (χ0) is 39.7. The van der Waals surface area contributed by atoms with Crippen LogP contribution < -0.4 is 0 Å². The van der Waals surface area contributed by atoms with Gasteiger partial charge < -0.3 is 14.2 Å². The fourth-order valence-electron chi connectivity index (χ4n) is 7.07. The fourth-order valence-corrected chi connectivity index (χ4v) is 7.07. The van der Waals surface area contributed by atoms with Crippen LogP contribution in [-0.4, -0.2) is 37.2 Å². The van der Waals surface area contributed by atoms with Crippen LogP contribution in [-0.2, 0) is 28.6 Å². The second-order valence-corrected chi connectivity index (χ2v) is 17.1. The summed E-state index contributed by atoms with van der Waals surface area (Å²) < 4.78 is 16.7.